The topological polar surface area (TPSA) is 20.2 Å². The van der Waals surface area contributed by atoms with Crippen LogP contribution in [0.25, 0.3) is 0 Å². The van der Waals surface area contributed by atoms with Crippen LogP contribution in [0.5, 0.6) is 0 Å². The molecule has 0 radical (unpaired) electrons. The van der Waals surface area contributed by atoms with Gasteiger partial charge in [0, 0.05) is 5.41 Å². The van der Waals surface area contributed by atoms with E-state index in [4.69, 9.17) is 0 Å². The van der Waals surface area contributed by atoms with Crippen LogP contribution >= 0.6 is 0 Å². The van der Waals surface area contributed by atoms with Crippen LogP contribution in [0.1, 0.15) is 58.3 Å². The molecule has 0 amide bonds. The molecule has 0 aromatic carbocycles. The Morgan fingerprint density at radius 3 is 2.95 bits per heavy atom. The first-order chi connectivity index (χ1) is 9.59. The number of rotatable bonds is 0. The van der Waals surface area contributed by atoms with Gasteiger partial charge in [0.05, 0.1) is 6.10 Å². The fourth-order valence-corrected chi connectivity index (χ4v) is 5.71. The van der Waals surface area contributed by atoms with E-state index in [-0.39, 0.29) is 17.3 Å². The lowest BCUT2D eigenvalue weighted by Gasteiger charge is -2.50. The molecule has 0 spiro atoms. The number of aliphatic hydroxyl groups is 1. The van der Waals surface area contributed by atoms with E-state index >= 15 is 0 Å². The SMILES string of the molecule is CC12CCC3C4=C(CCC3C1CC=C2F)CC(O)CC4. The number of fused-ring (bicyclic) bond motifs is 4. The number of aliphatic hydroxyl groups excluding tert-OH is 1. The van der Waals surface area contributed by atoms with E-state index in [1.165, 1.54) is 6.42 Å². The van der Waals surface area contributed by atoms with Crippen molar-refractivity contribution in [3.05, 3.63) is 23.0 Å². The summed E-state index contributed by atoms with van der Waals surface area (Å²) in [6, 6.07) is 0. The molecule has 0 heterocycles. The standard InChI is InChI=1S/C18H25FO/c1-18-9-8-14-13-5-3-12(20)10-11(13)2-4-15(14)16(18)6-7-17(18)19/h7,12,14-16,20H,2-6,8-10H2,1H3. The molecule has 0 bridgehead atoms. The minimum absolute atomic E-state index is 0.107. The van der Waals surface area contributed by atoms with Gasteiger partial charge in [-0.05, 0) is 69.1 Å². The number of halogens is 1. The maximum absolute atomic E-state index is 14.2. The van der Waals surface area contributed by atoms with Crippen molar-refractivity contribution in [1.82, 2.24) is 0 Å². The van der Waals surface area contributed by atoms with Crippen LogP contribution in [0.2, 0.25) is 0 Å². The molecule has 2 heteroatoms. The van der Waals surface area contributed by atoms with Crippen LogP contribution in [0, 0.1) is 23.2 Å². The third-order valence-electron chi connectivity index (χ3n) is 6.83. The Bertz CT molecular complexity index is 492. The van der Waals surface area contributed by atoms with Crippen molar-refractivity contribution in [3.8, 4) is 0 Å². The zero-order valence-electron chi connectivity index (χ0n) is 12.4. The lowest BCUT2D eigenvalue weighted by atomic mass is 9.54. The zero-order valence-corrected chi connectivity index (χ0v) is 12.4. The third kappa shape index (κ3) is 1.70. The van der Waals surface area contributed by atoms with Crippen LogP contribution in [0.3, 0.4) is 0 Å². The minimum atomic E-state index is -0.159. The third-order valence-corrected chi connectivity index (χ3v) is 6.83. The minimum Gasteiger partial charge on any atom is -0.393 e. The van der Waals surface area contributed by atoms with E-state index in [0.717, 1.165) is 44.9 Å². The average Bonchev–Trinajstić information content (AvgIpc) is 2.74. The van der Waals surface area contributed by atoms with Crippen LogP contribution in [0.4, 0.5) is 4.39 Å². The van der Waals surface area contributed by atoms with Crippen molar-refractivity contribution >= 4 is 0 Å². The first-order valence-electron chi connectivity index (χ1n) is 8.34. The number of hydrogen-bond donors (Lipinski definition) is 1. The van der Waals surface area contributed by atoms with E-state index in [1.807, 2.05) is 6.08 Å². The second kappa shape index (κ2) is 4.43. The largest absolute Gasteiger partial charge is 0.393 e. The van der Waals surface area contributed by atoms with Crippen molar-refractivity contribution in [2.75, 3.05) is 0 Å². The van der Waals surface area contributed by atoms with Gasteiger partial charge < -0.3 is 5.11 Å². The molecular weight excluding hydrogens is 251 g/mol. The van der Waals surface area contributed by atoms with Crippen LogP contribution in [-0.2, 0) is 0 Å². The normalized spacial score (nSPS) is 47.5. The number of hydrogen-bond acceptors (Lipinski definition) is 1. The van der Waals surface area contributed by atoms with E-state index in [0.29, 0.717) is 17.8 Å². The summed E-state index contributed by atoms with van der Waals surface area (Å²) in [4.78, 5) is 0. The summed E-state index contributed by atoms with van der Waals surface area (Å²) in [5.74, 6) is 2.08. The molecule has 4 aliphatic carbocycles. The Balaban J connectivity index is 1.64. The second-order valence-electron chi connectivity index (χ2n) is 7.68. The molecule has 5 atom stereocenters. The Hall–Kier alpha value is -0.630. The molecule has 110 valence electrons. The summed E-state index contributed by atoms with van der Waals surface area (Å²) in [6.07, 6.45) is 10.2. The summed E-state index contributed by atoms with van der Waals surface area (Å²) < 4.78 is 14.2. The molecule has 20 heavy (non-hydrogen) atoms. The first kappa shape index (κ1) is 13.1. The van der Waals surface area contributed by atoms with E-state index < -0.39 is 0 Å². The van der Waals surface area contributed by atoms with E-state index in [9.17, 15) is 9.50 Å². The Labute approximate surface area is 121 Å². The molecule has 0 saturated heterocycles. The van der Waals surface area contributed by atoms with Gasteiger partial charge in [-0.25, -0.2) is 4.39 Å². The van der Waals surface area contributed by atoms with Gasteiger partial charge in [-0.3, -0.25) is 0 Å². The molecule has 1 saturated carbocycles. The molecule has 0 aromatic heterocycles. The summed E-state index contributed by atoms with van der Waals surface area (Å²) in [7, 11) is 0. The first-order valence-corrected chi connectivity index (χ1v) is 8.34. The van der Waals surface area contributed by atoms with Gasteiger partial charge in [0.25, 0.3) is 0 Å². The van der Waals surface area contributed by atoms with Crippen molar-refractivity contribution in [2.45, 2.75) is 64.4 Å². The highest BCUT2D eigenvalue weighted by atomic mass is 19.1. The van der Waals surface area contributed by atoms with E-state index in [2.05, 4.69) is 6.92 Å². The van der Waals surface area contributed by atoms with Crippen molar-refractivity contribution in [2.24, 2.45) is 23.2 Å². The smallest absolute Gasteiger partial charge is 0.102 e. The van der Waals surface area contributed by atoms with Gasteiger partial charge in [-0.15, -0.1) is 0 Å². The maximum atomic E-state index is 14.2. The summed E-state index contributed by atoms with van der Waals surface area (Å²) in [5, 5.41) is 9.88. The van der Waals surface area contributed by atoms with Gasteiger partial charge >= 0.3 is 0 Å². The molecule has 1 N–H and O–H groups in total. The highest BCUT2D eigenvalue weighted by Crippen LogP contribution is 2.61. The highest BCUT2D eigenvalue weighted by molar-refractivity contribution is 5.29. The van der Waals surface area contributed by atoms with Crippen molar-refractivity contribution < 1.29 is 9.50 Å². The molecule has 1 fully saturated rings. The fraction of sp³-hybridized carbons (Fsp3) is 0.778. The average molecular weight is 276 g/mol. The molecule has 0 aliphatic heterocycles. The van der Waals surface area contributed by atoms with Gasteiger partial charge in [0.15, 0.2) is 0 Å². The summed E-state index contributed by atoms with van der Waals surface area (Å²) in [6.45, 7) is 2.15. The molecule has 4 rings (SSSR count). The monoisotopic (exact) mass is 276 g/mol. The van der Waals surface area contributed by atoms with Crippen LogP contribution in [-0.4, -0.2) is 11.2 Å². The van der Waals surface area contributed by atoms with E-state index in [1.54, 1.807) is 11.1 Å². The Kier molecular flexibility index (Phi) is 2.89. The highest BCUT2D eigenvalue weighted by Gasteiger charge is 2.52. The van der Waals surface area contributed by atoms with Gasteiger partial charge in [0.1, 0.15) is 5.83 Å². The predicted molar refractivity (Wildman–Crippen MR) is 77.7 cm³/mol. The molecule has 0 aromatic rings. The van der Waals surface area contributed by atoms with Crippen molar-refractivity contribution in [1.29, 1.82) is 0 Å². The Morgan fingerprint density at radius 2 is 2.10 bits per heavy atom. The van der Waals surface area contributed by atoms with Crippen LogP contribution < -0.4 is 0 Å². The zero-order chi connectivity index (χ0) is 13.9. The molecular formula is C18H25FO. The fourth-order valence-electron chi connectivity index (χ4n) is 5.71. The molecule has 5 unspecified atom stereocenters. The van der Waals surface area contributed by atoms with Gasteiger partial charge in [-0.1, -0.05) is 24.1 Å². The van der Waals surface area contributed by atoms with Gasteiger partial charge in [-0.2, -0.15) is 0 Å². The Morgan fingerprint density at radius 1 is 1.25 bits per heavy atom. The summed E-state index contributed by atoms with van der Waals surface area (Å²) >= 11 is 0. The summed E-state index contributed by atoms with van der Waals surface area (Å²) in [5.41, 5.74) is 3.06. The lowest BCUT2D eigenvalue weighted by Crippen LogP contribution is -2.42. The molecule has 1 nitrogen and oxygen atoms in total. The quantitative estimate of drug-likeness (QED) is 0.645. The predicted octanol–water partition coefficient (Wildman–Crippen LogP) is 4.53. The molecule has 4 aliphatic rings. The van der Waals surface area contributed by atoms with Crippen molar-refractivity contribution in [3.63, 3.8) is 0 Å². The number of allylic oxidation sites excluding steroid dienone is 3. The maximum Gasteiger partial charge on any atom is 0.102 e. The lowest BCUT2D eigenvalue weighted by molar-refractivity contribution is 0.0384. The second-order valence-corrected chi connectivity index (χ2v) is 7.68. The van der Waals surface area contributed by atoms with Crippen LogP contribution in [0.15, 0.2) is 23.0 Å². The van der Waals surface area contributed by atoms with Gasteiger partial charge in [0.2, 0.25) is 0 Å².